The SMILES string of the molecule is CC1Cc2cc(C(=O)NCCOc3cccc4ccccc34)ccc2N1S(C)(=O)=O. The summed E-state index contributed by atoms with van der Waals surface area (Å²) in [4.78, 5) is 12.5. The first-order valence-electron chi connectivity index (χ1n) is 9.85. The highest BCUT2D eigenvalue weighted by atomic mass is 32.2. The van der Waals surface area contributed by atoms with Gasteiger partial charge in [0, 0.05) is 17.0 Å². The summed E-state index contributed by atoms with van der Waals surface area (Å²) < 4.78 is 31.3. The summed E-state index contributed by atoms with van der Waals surface area (Å²) in [5, 5.41) is 5.01. The predicted molar refractivity (Wildman–Crippen MR) is 119 cm³/mol. The molecule has 0 saturated carbocycles. The molecule has 1 aliphatic rings. The second-order valence-electron chi connectivity index (χ2n) is 7.54. The fourth-order valence-corrected chi connectivity index (χ4v) is 5.26. The van der Waals surface area contributed by atoms with Crippen molar-refractivity contribution in [2.75, 3.05) is 23.7 Å². The molecule has 0 saturated heterocycles. The summed E-state index contributed by atoms with van der Waals surface area (Å²) in [6, 6.07) is 18.9. The van der Waals surface area contributed by atoms with Crippen molar-refractivity contribution in [1.82, 2.24) is 5.32 Å². The second kappa shape index (κ2) is 7.99. The van der Waals surface area contributed by atoms with Gasteiger partial charge >= 0.3 is 0 Å². The van der Waals surface area contributed by atoms with Crippen molar-refractivity contribution < 1.29 is 17.9 Å². The molecule has 0 aromatic heterocycles. The molecule has 1 heterocycles. The van der Waals surface area contributed by atoms with Crippen molar-refractivity contribution in [3.63, 3.8) is 0 Å². The van der Waals surface area contributed by atoms with Crippen molar-refractivity contribution in [3.05, 3.63) is 71.8 Å². The van der Waals surface area contributed by atoms with Crippen molar-refractivity contribution in [3.8, 4) is 5.75 Å². The second-order valence-corrected chi connectivity index (χ2v) is 9.40. The van der Waals surface area contributed by atoms with Gasteiger partial charge in [0.2, 0.25) is 10.0 Å². The summed E-state index contributed by atoms with van der Waals surface area (Å²) >= 11 is 0. The summed E-state index contributed by atoms with van der Waals surface area (Å²) in [5.41, 5.74) is 2.04. The molecule has 1 atom stereocenters. The Balaban J connectivity index is 1.38. The average Bonchev–Trinajstić information content (AvgIpc) is 3.06. The first-order chi connectivity index (χ1) is 14.3. The van der Waals surface area contributed by atoms with Gasteiger partial charge in [-0.3, -0.25) is 9.10 Å². The standard InChI is InChI=1S/C23H24N2O4S/c1-16-14-19-15-18(10-11-21(19)25(16)30(2,27)28)23(26)24-12-13-29-22-9-5-7-17-6-3-4-8-20(17)22/h3-11,15-16H,12-14H2,1-2H3,(H,24,26). The molecule has 1 amide bonds. The maximum absolute atomic E-state index is 12.5. The number of sulfonamides is 1. The van der Waals surface area contributed by atoms with Gasteiger partial charge in [0.25, 0.3) is 5.91 Å². The zero-order valence-corrected chi connectivity index (χ0v) is 17.8. The molecular weight excluding hydrogens is 400 g/mol. The number of carbonyl (C=O) groups is 1. The molecule has 0 spiro atoms. The Bertz CT molecular complexity index is 1200. The number of ether oxygens (including phenoxy) is 1. The number of benzene rings is 3. The number of anilines is 1. The quantitative estimate of drug-likeness (QED) is 0.616. The Morgan fingerprint density at radius 3 is 2.70 bits per heavy atom. The Morgan fingerprint density at radius 1 is 1.13 bits per heavy atom. The molecule has 4 rings (SSSR count). The number of fused-ring (bicyclic) bond motifs is 2. The predicted octanol–water partition coefficient (Wildman–Crippen LogP) is 3.36. The van der Waals surface area contributed by atoms with Crippen LogP contribution in [0.1, 0.15) is 22.8 Å². The summed E-state index contributed by atoms with van der Waals surface area (Å²) in [7, 11) is -3.34. The lowest BCUT2D eigenvalue weighted by atomic mass is 10.1. The smallest absolute Gasteiger partial charge is 0.251 e. The lowest BCUT2D eigenvalue weighted by Gasteiger charge is -2.21. The average molecular weight is 425 g/mol. The molecule has 0 fully saturated rings. The third-order valence-corrected chi connectivity index (χ3v) is 6.52. The lowest BCUT2D eigenvalue weighted by molar-refractivity contribution is 0.0947. The van der Waals surface area contributed by atoms with Gasteiger partial charge < -0.3 is 10.1 Å². The van der Waals surface area contributed by atoms with Crippen LogP contribution in [-0.4, -0.2) is 39.8 Å². The minimum Gasteiger partial charge on any atom is -0.491 e. The van der Waals surface area contributed by atoms with Gasteiger partial charge in [0.05, 0.1) is 18.5 Å². The van der Waals surface area contributed by atoms with E-state index in [-0.39, 0.29) is 11.9 Å². The van der Waals surface area contributed by atoms with Crippen molar-refractivity contribution >= 4 is 32.4 Å². The van der Waals surface area contributed by atoms with Crippen LogP contribution in [0.25, 0.3) is 10.8 Å². The highest BCUT2D eigenvalue weighted by Crippen LogP contribution is 2.34. The molecule has 30 heavy (non-hydrogen) atoms. The molecule has 1 N–H and O–H groups in total. The Labute approximate surface area is 176 Å². The van der Waals surface area contributed by atoms with Crippen LogP contribution in [0, 0.1) is 0 Å². The Morgan fingerprint density at radius 2 is 1.90 bits per heavy atom. The molecule has 3 aromatic rings. The first kappa shape index (κ1) is 20.2. The summed E-state index contributed by atoms with van der Waals surface area (Å²) in [5.74, 6) is 0.583. The zero-order chi connectivity index (χ0) is 21.3. The van der Waals surface area contributed by atoms with Crippen LogP contribution >= 0.6 is 0 Å². The topological polar surface area (TPSA) is 75.7 Å². The van der Waals surface area contributed by atoms with Crippen LogP contribution in [0.15, 0.2) is 60.7 Å². The molecule has 0 bridgehead atoms. The normalized spacial score (nSPS) is 15.8. The van der Waals surface area contributed by atoms with E-state index in [0.717, 1.165) is 22.1 Å². The Kier molecular flexibility index (Phi) is 5.39. The van der Waals surface area contributed by atoms with Gasteiger partial charge in [-0.15, -0.1) is 0 Å². The van der Waals surface area contributed by atoms with E-state index in [9.17, 15) is 13.2 Å². The van der Waals surface area contributed by atoms with Crippen molar-refractivity contribution in [1.29, 1.82) is 0 Å². The highest BCUT2D eigenvalue weighted by Gasteiger charge is 2.32. The largest absolute Gasteiger partial charge is 0.491 e. The maximum atomic E-state index is 12.5. The van der Waals surface area contributed by atoms with Crippen molar-refractivity contribution in [2.24, 2.45) is 0 Å². The van der Waals surface area contributed by atoms with Crippen LogP contribution in [0.5, 0.6) is 5.75 Å². The van der Waals surface area contributed by atoms with E-state index in [1.54, 1.807) is 18.2 Å². The number of hydrogen-bond acceptors (Lipinski definition) is 4. The van der Waals surface area contributed by atoms with Gasteiger partial charge in [-0.05, 0) is 48.6 Å². The molecule has 6 nitrogen and oxygen atoms in total. The summed E-state index contributed by atoms with van der Waals surface area (Å²) in [6.07, 6.45) is 1.79. The molecule has 1 unspecified atom stereocenters. The van der Waals surface area contributed by atoms with Crippen LogP contribution in [-0.2, 0) is 16.4 Å². The molecular formula is C23H24N2O4S. The minimum atomic E-state index is -3.34. The van der Waals surface area contributed by atoms with E-state index < -0.39 is 10.0 Å². The van der Waals surface area contributed by atoms with E-state index in [4.69, 9.17) is 4.74 Å². The van der Waals surface area contributed by atoms with E-state index in [1.165, 1.54) is 10.6 Å². The third-order valence-electron chi connectivity index (χ3n) is 5.25. The van der Waals surface area contributed by atoms with Crippen LogP contribution in [0.4, 0.5) is 5.69 Å². The van der Waals surface area contributed by atoms with Crippen LogP contribution < -0.4 is 14.4 Å². The van der Waals surface area contributed by atoms with Gasteiger partial charge in [-0.25, -0.2) is 8.42 Å². The molecule has 1 aliphatic heterocycles. The molecule has 0 aliphatic carbocycles. The number of rotatable bonds is 6. The van der Waals surface area contributed by atoms with E-state index in [1.807, 2.05) is 49.4 Å². The van der Waals surface area contributed by atoms with Gasteiger partial charge in [0.1, 0.15) is 12.4 Å². The van der Waals surface area contributed by atoms with E-state index in [0.29, 0.717) is 30.8 Å². The number of nitrogens with zero attached hydrogens (tertiary/aromatic N) is 1. The van der Waals surface area contributed by atoms with Gasteiger partial charge in [-0.1, -0.05) is 36.4 Å². The fraction of sp³-hybridized carbons (Fsp3) is 0.261. The summed E-state index contributed by atoms with van der Waals surface area (Å²) in [6.45, 7) is 2.58. The van der Waals surface area contributed by atoms with E-state index >= 15 is 0 Å². The minimum absolute atomic E-state index is 0.151. The van der Waals surface area contributed by atoms with Gasteiger partial charge in [-0.2, -0.15) is 0 Å². The molecule has 0 radical (unpaired) electrons. The first-order valence-corrected chi connectivity index (χ1v) is 11.7. The molecule has 156 valence electrons. The lowest BCUT2D eigenvalue weighted by Crippen LogP contribution is -2.34. The monoisotopic (exact) mass is 424 g/mol. The number of nitrogens with one attached hydrogen (secondary N) is 1. The maximum Gasteiger partial charge on any atom is 0.251 e. The highest BCUT2D eigenvalue weighted by molar-refractivity contribution is 7.92. The zero-order valence-electron chi connectivity index (χ0n) is 17.0. The van der Waals surface area contributed by atoms with Crippen LogP contribution in [0.2, 0.25) is 0 Å². The number of amides is 1. The van der Waals surface area contributed by atoms with Crippen molar-refractivity contribution in [2.45, 2.75) is 19.4 Å². The Hall–Kier alpha value is -3.06. The molecule has 3 aromatic carbocycles. The molecule has 7 heteroatoms. The number of carbonyl (C=O) groups excluding carboxylic acids is 1. The fourth-order valence-electron chi connectivity index (χ4n) is 4.00. The van der Waals surface area contributed by atoms with E-state index in [2.05, 4.69) is 5.32 Å². The van der Waals surface area contributed by atoms with Crippen LogP contribution in [0.3, 0.4) is 0 Å². The third kappa shape index (κ3) is 3.98. The van der Waals surface area contributed by atoms with Gasteiger partial charge in [0.15, 0.2) is 0 Å². The number of hydrogen-bond donors (Lipinski definition) is 1.